The number of nitrogens with zero attached hydrogens (tertiary/aromatic N) is 2. The van der Waals surface area contributed by atoms with Gasteiger partial charge < -0.3 is 24.0 Å². The summed E-state index contributed by atoms with van der Waals surface area (Å²) in [5.41, 5.74) is 3.39. The van der Waals surface area contributed by atoms with Gasteiger partial charge in [-0.15, -0.1) is 0 Å². The van der Waals surface area contributed by atoms with Crippen LogP contribution in [0.2, 0.25) is 5.02 Å². The van der Waals surface area contributed by atoms with Crippen LogP contribution in [-0.4, -0.2) is 77.7 Å². The summed E-state index contributed by atoms with van der Waals surface area (Å²) in [7, 11) is 0.251. The Bertz CT molecular complexity index is 1600. The first-order valence-electron chi connectivity index (χ1n) is 18.1. The predicted octanol–water partition coefficient (Wildman–Crippen LogP) is 6.52. The molecular formula is C38H54ClN3O6S. The molecule has 3 aliphatic heterocycles. The molecular weight excluding hydrogens is 662 g/mol. The van der Waals surface area contributed by atoms with Gasteiger partial charge in [-0.3, -0.25) is 4.79 Å². The highest BCUT2D eigenvalue weighted by Gasteiger charge is 2.51. The molecule has 0 spiro atoms. The molecule has 2 aromatic carbocycles. The van der Waals surface area contributed by atoms with E-state index in [1.807, 2.05) is 37.3 Å². The number of carbonyl (C=O) groups is 1. The third-order valence-corrected chi connectivity index (χ3v) is 13.6. The van der Waals surface area contributed by atoms with Crippen molar-refractivity contribution in [2.75, 3.05) is 51.1 Å². The molecule has 9 nitrogen and oxygen atoms in total. The first-order valence-corrected chi connectivity index (χ1v) is 20.1. The Labute approximate surface area is 298 Å². The molecule has 6 rings (SSSR count). The van der Waals surface area contributed by atoms with Crippen molar-refractivity contribution >= 4 is 33.2 Å². The number of rotatable bonds is 2. The standard InChI is InChI=1S/C38H54ClN3O6S/c1-25-9-13-32(37-47-21-31(22-48-37)41(4)5)33-15-16-38(33,3)24-42-17-7-6-8-27-18-30(39)12-10-29(27)20-46-35-14-11-28(19-34(35)42)36(43)40-49(44,45)23-26(25)2/h10-12,14,18-19,25-26,31-33,37H,6-9,13,15-17,20-24H2,1-5H3,(H,40,43)/t25-,26+,31?,32-,33+,37?,38?/m1/s1. The Kier molecular flexibility index (Phi) is 11.2. The molecule has 5 atom stereocenters. The van der Waals surface area contributed by atoms with E-state index in [-0.39, 0.29) is 41.3 Å². The van der Waals surface area contributed by atoms with Gasteiger partial charge in [0, 0.05) is 29.6 Å². The Balaban J connectivity index is 1.37. The molecule has 1 saturated carbocycles. The summed E-state index contributed by atoms with van der Waals surface area (Å²) in [6.07, 6.45) is 6.45. The van der Waals surface area contributed by atoms with E-state index in [2.05, 4.69) is 42.5 Å². The van der Waals surface area contributed by atoms with Crippen LogP contribution in [0.25, 0.3) is 0 Å². The summed E-state index contributed by atoms with van der Waals surface area (Å²) < 4.78 is 48.5. The molecule has 11 heteroatoms. The van der Waals surface area contributed by atoms with Crippen LogP contribution in [-0.2, 0) is 32.5 Å². The highest BCUT2D eigenvalue weighted by molar-refractivity contribution is 7.90. The van der Waals surface area contributed by atoms with Crippen molar-refractivity contribution < 1.29 is 27.4 Å². The SMILES string of the molecule is C[C@@H]1CC[C@@H](C2OCC(N(C)C)CO2)[C@@H]2CCC2(C)CN2CCCCc3cc(Cl)ccc3COc3ccc(cc32)C(=O)NS(=O)(=O)C[C@@H]1C. The van der Waals surface area contributed by atoms with E-state index in [4.69, 9.17) is 25.8 Å². The van der Waals surface area contributed by atoms with Gasteiger partial charge in [-0.1, -0.05) is 38.4 Å². The summed E-state index contributed by atoms with van der Waals surface area (Å²) in [5.74, 6) is 0.511. The fourth-order valence-electron chi connectivity index (χ4n) is 8.29. The van der Waals surface area contributed by atoms with Gasteiger partial charge in [-0.2, -0.15) is 0 Å². The number of ether oxygens (including phenoxy) is 3. The zero-order valence-electron chi connectivity index (χ0n) is 29.8. The minimum atomic E-state index is -3.87. The van der Waals surface area contributed by atoms with Crippen molar-refractivity contribution in [3.05, 3.63) is 58.1 Å². The lowest BCUT2D eigenvalue weighted by Crippen LogP contribution is -2.55. The van der Waals surface area contributed by atoms with Crippen LogP contribution in [0.1, 0.15) is 80.8 Å². The molecule has 0 aromatic heterocycles. The van der Waals surface area contributed by atoms with Gasteiger partial charge in [-0.05, 0) is 124 Å². The second kappa shape index (κ2) is 15.1. The summed E-state index contributed by atoms with van der Waals surface area (Å²) >= 11 is 6.39. The van der Waals surface area contributed by atoms with Gasteiger partial charge in [0.15, 0.2) is 6.29 Å². The minimum Gasteiger partial charge on any atom is -0.487 e. The Morgan fingerprint density at radius 3 is 2.47 bits per heavy atom. The second-order valence-corrected chi connectivity index (χ2v) is 17.8. The quantitative estimate of drug-likeness (QED) is 0.376. The fraction of sp³-hybridized carbons (Fsp3) is 0.658. The number of aryl methyl sites for hydroxylation is 1. The number of amides is 1. The average Bonchev–Trinajstić information content (AvgIpc) is 3.08. The smallest absolute Gasteiger partial charge is 0.264 e. The lowest BCUT2D eigenvalue weighted by molar-refractivity contribution is -0.247. The van der Waals surface area contributed by atoms with Crippen LogP contribution in [0.15, 0.2) is 36.4 Å². The number of hydrogen-bond acceptors (Lipinski definition) is 8. The van der Waals surface area contributed by atoms with Gasteiger partial charge >= 0.3 is 0 Å². The van der Waals surface area contributed by atoms with E-state index < -0.39 is 15.9 Å². The number of benzene rings is 2. The highest BCUT2D eigenvalue weighted by Crippen LogP contribution is 2.54. The van der Waals surface area contributed by atoms with Crippen LogP contribution in [0.5, 0.6) is 5.75 Å². The van der Waals surface area contributed by atoms with E-state index in [1.54, 1.807) is 6.07 Å². The van der Waals surface area contributed by atoms with Crippen LogP contribution in [0.4, 0.5) is 5.69 Å². The maximum Gasteiger partial charge on any atom is 0.264 e. The molecule has 2 bridgehead atoms. The molecule has 2 aromatic rings. The van der Waals surface area contributed by atoms with E-state index in [0.29, 0.717) is 37.1 Å². The number of hydrogen-bond donors (Lipinski definition) is 1. The number of sulfonamides is 1. The molecule has 49 heavy (non-hydrogen) atoms. The molecule has 4 aliphatic rings. The first kappa shape index (κ1) is 36.4. The van der Waals surface area contributed by atoms with Crippen LogP contribution in [0.3, 0.4) is 0 Å². The maximum absolute atomic E-state index is 13.5. The van der Waals surface area contributed by atoms with Gasteiger partial charge in [0.25, 0.3) is 5.91 Å². The van der Waals surface area contributed by atoms with Gasteiger partial charge in [-0.25, -0.2) is 13.1 Å². The van der Waals surface area contributed by atoms with E-state index in [1.165, 1.54) is 5.56 Å². The summed E-state index contributed by atoms with van der Waals surface area (Å²) in [6.45, 7) is 9.69. The molecule has 1 saturated heterocycles. The summed E-state index contributed by atoms with van der Waals surface area (Å²) in [5, 5.41) is 0.718. The molecule has 0 radical (unpaired) electrons. The first-order chi connectivity index (χ1) is 23.3. The van der Waals surface area contributed by atoms with Crippen molar-refractivity contribution in [3.63, 3.8) is 0 Å². The van der Waals surface area contributed by atoms with Crippen molar-refractivity contribution in [3.8, 4) is 5.75 Å². The zero-order valence-corrected chi connectivity index (χ0v) is 31.3. The van der Waals surface area contributed by atoms with Crippen molar-refractivity contribution in [2.45, 2.75) is 84.7 Å². The number of carbonyl (C=O) groups excluding carboxylic acids is 1. The normalized spacial score (nSPS) is 32.8. The lowest BCUT2D eigenvalue weighted by Gasteiger charge is -2.55. The summed E-state index contributed by atoms with van der Waals surface area (Å²) in [4.78, 5) is 18.0. The monoisotopic (exact) mass is 715 g/mol. The van der Waals surface area contributed by atoms with Crippen LogP contribution in [0, 0.1) is 29.1 Å². The topological polar surface area (TPSA) is 97.4 Å². The maximum atomic E-state index is 13.5. The zero-order chi connectivity index (χ0) is 34.9. The van der Waals surface area contributed by atoms with Gasteiger partial charge in [0.05, 0.1) is 30.7 Å². The van der Waals surface area contributed by atoms with E-state index >= 15 is 0 Å². The lowest BCUT2D eigenvalue weighted by atomic mass is 9.55. The third kappa shape index (κ3) is 8.41. The van der Waals surface area contributed by atoms with Gasteiger partial charge in [0.2, 0.25) is 10.0 Å². The fourth-order valence-corrected chi connectivity index (χ4v) is 9.99. The summed E-state index contributed by atoms with van der Waals surface area (Å²) in [6, 6.07) is 11.5. The van der Waals surface area contributed by atoms with Crippen molar-refractivity contribution in [1.29, 1.82) is 0 Å². The molecule has 3 heterocycles. The Hall–Kier alpha value is -2.37. The van der Waals surface area contributed by atoms with Crippen molar-refractivity contribution in [1.82, 2.24) is 9.62 Å². The molecule has 1 unspecified atom stereocenters. The average molecular weight is 716 g/mol. The third-order valence-electron chi connectivity index (χ3n) is 11.9. The molecule has 270 valence electrons. The second-order valence-electron chi connectivity index (χ2n) is 15.6. The predicted molar refractivity (Wildman–Crippen MR) is 194 cm³/mol. The number of likely N-dealkylation sites (N-methyl/N-ethyl adjacent to an activating group) is 1. The Morgan fingerprint density at radius 1 is 0.980 bits per heavy atom. The highest BCUT2D eigenvalue weighted by atomic mass is 35.5. The Morgan fingerprint density at radius 2 is 1.76 bits per heavy atom. The number of anilines is 1. The molecule has 1 aliphatic carbocycles. The van der Waals surface area contributed by atoms with Crippen LogP contribution >= 0.6 is 11.6 Å². The van der Waals surface area contributed by atoms with E-state index in [9.17, 15) is 13.2 Å². The van der Waals surface area contributed by atoms with Crippen molar-refractivity contribution in [2.24, 2.45) is 29.1 Å². The number of nitrogens with one attached hydrogen (secondary N) is 1. The molecule has 2 fully saturated rings. The van der Waals surface area contributed by atoms with Crippen LogP contribution < -0.4 is 14.4 Å². The number of fused-ring (bicyclic) bond motifs is 3. The van der Waals surface area contributed by atoms with Gasteiger partial charge in [0.1, 0.15) is 12.4 Å². The molecule has 1 N–H and O–H groups in total. The van der Waals surface area contributed by atoms with E-state index in [0.717, 1.165) is 74.3 Å². The largest absolute Gasteiger partial charge is 0.487 e. The number of halogens is 1. The minimum absolute atomic E-state index is 0.0166. The molecule has 1 amide bonds.